The second-order valence-corrected chi connectivity index (χ2v) is 10.2. The van der Waals surface area contributed by atoms with Crippen molar-refractivity contribution >= 4 is 27.7 Å². The van der Waals surface area contributed by atoms with Crippen LogP contribution in [0.4, 0.5) is 0 Å². The first-order valence-electron chi connectivity index (χ1n) is 10.2. The third-order valence-electron chi connectivity index (χ3n) is 5.45. The highest BCUT2D eigenvalue weighted by molar-refractivity contribution is 8.07. The molecule has 1 aliphatic heterocycles. The molecule has 0 atom stereocenters. The number of hydrogen-bond acceptors (Lipinski definition) is 7. The van der Waals surface area contributed by atoms with Gasteiger partial charge in [0.2, 0.25) is 0 Å². The molecule has 0 spiro atoms. The molecule has 0 bridgehead atoms. The summed E-state index contributed by atoms with van der Waals surface area (Å²) in [7, 11) is -3.60. The average molecular weight is 435 g/mol. The van der Waals surface area contributed by atoms with Crippen LogP contribution in [0.15, 0.2) is 45.5 Å². The molecular formula is C21H26N2O4S2. The molecule has 6 nitrogen and oxygen atoms in total. The van der Waals surface area contributed by atoms with E-state index in [1.165, 1.54) is 17.0 Å². The molecular weight excluding hydrogens is 408 g/mol. The molecule has 0 unspecified atom stereocenters. The largest absolute Gasteiger partial charge is 0.338 e. The summed E-state index contributed by atoms with van der Waals surface area (Å²) in [5.41, 5.74) is 6.40. The van der Waals surface area contributed by atoms with Crippen molar-refractivity contribution in [2.75, 3.05) is 18.8 Å². The molecule has 1 heterocycles. The Morgan fingerprint density at radius 1 is 1.21 bits per heavy atom. The number of benzene rings is 1. The number of fused-ring (bicyclic) bond motifs is 1. The fourth-order valence-electron chi connectivity index (χ4n) is 4.10. The van der Waals surface area contributed by atoms with Gasteiger partial charge in [0.25, 0.3) is 10.1 Å². The lowest BCUT2D eigenvalue weighted by Gasteiger charge is -2.26. The van der Waals surface area contributed by atoms with Crippen LogP contribution in [0, 0.1) is 0 Å². The van der Waals surface area contributed by atoms with Crippen LogP contribution in [-0.4, -0.2) is 37.9 Å². The maximum Gasteiger partial charge on any atom is 0.283 e. The summed E-state index contributed by atoms with van der Waals surface area (Å²) in [6.07, 6.45) is 5.42. The number of ketones is 1. The highest BCUT2D eigenvalue weighted by Gasteiger charge is 2.36. The number of hydroxylamine groups is 1. The first kappa shape index (κ1) is 20.7. The lowest BCUT2D eigenvalue weighted by molar-refractivity contribution is 0.103. The van der Waals surface area contributed by atoms with E-state index >= 15 is 0 Å². The summed E-state index contributed by atoms with van der Waals surface area (Å²) in [6.45, 7) is 2.78. The number of thioether (sulfide) groups is 1. The molecule has 4 rings (SSSR count). The quantitative estimate of drug-likeness (QED) is 0.518. The second-order valence-electron chi connectivity index (χ2n) is 7.47. The normalized spacial score (nSPS) is 21.7. The number of allylic oxidation sites excluding steroid dienone is 3. The van der Waals surface area contributed by atoms with Crippen LogP contribution >= 0.6 is 11.8 Å². The Balaban J connectivity index is 1.56. The SMILES string of the molecule is CCNOS(=O)(=O)CCCN1C2=C(CCCC2)S/C1=C1/Cc2ccccc2C1=O. The zero-order valence-electron chi connectivity index (χ0n) is 16.6. The van der Waals surface area contributed by atoms with Gasteiger partial charge in [0, 0.05) is 41.2 Å². The highest BCUT2D eigenvalue weighted by atomic mass is 32.2. The number of Topliss-reactive ketones (excluding diaryl/α,β-unsaturated/α-hetero) is 1. The van der Waals surface area contributed by atoms with Crippen LogP contribution in [0.3, 0.4) is 0 Å². The van der Waals surface area contributed by atoms with Crippen LogP contribution < -0.4 is 5.48 Å². The van der Waals surface area contributed by atoms with Gasteiger partial charge in [-0.3, -0.25) is 4.79 Å². The third kappa shape index (κ3) is 4.30. The molecule has 156 valence electrons. The fraction of sp³-hybridized carbons (Fsp3) is 0.476. The van der Waals surface area contributed by atoms with E-state index in [9.17, 15) is 13.2 Å². The van der Waals surface area contributed by atoms with Gasteiger partial charge in [-0.15, -0.1) is 0 Å². The van der Waals surface area contributed by atoms with Gasteiger partial charge in [-0.1, -0.05) is 43.0 Å². The molecule has 1 N–H and O–H groups in total. The number of hydrogen-bond donors (Lipinski definition) is 1. The molecule has 0 aromatic heterocycles. The molecule has 0 amide bonds. The van der Waals surface area contributed by atoms with Gasteiger partial charge in [-0.2, -0.15) is 18.2 Å². The Bertz CT molecular complexity index is 982. The van der Waals surface area contributed by atoms with Crippen molar-refractivity contribution < 1.29 is 17.5 Å². The molecule has 29 heavy (non-hydrogen) atoms. The van der Waals surface area contributed by atoms with Crippen LogP contribution in [-0.2, 0) is 20.8 Å². The van der Waals surface area contributed by atoms with Gasteiger partial charge in [-0.25, -0.2) is 0 Å². The summed E-state index contributed by atoms with van der Waals surface area (Å²) in [5.74, 6) is 0.0525. The topological polar surface area (TPSA) is 75.7 Å². The Kier molecular flexibility index (Phi) is 6.15. The minimum atomic E-state index is -3.60. The Morgan fingerprint density at radius 3 is 2.79 bits per heavy atom. The Hall–Kier alpha value is -1.61. The standard InChI is InChI=1S/C21H26N2O4S2/c1-2-22-27-29(25,26)13-7-12-23-18-10-5-6-11-19(18)28-21(23)17-14-15-8-3-4-9-16(15)20(17)24/h3-4,8-9,22H,2,5-7,10-14H2,1H3/b21-17-. The predicted octanol–water partition coefficient (Wildman–Crippen LogP) is 3.73. The molecule has 0 saturated carbocycles. The van der Waals surface area contributed by atoms with Gasteiger partial charge < -0.3 is 4.90 Å². The van der Waals surface area contributed by atoms with Gasteiger partial charge in [0.05, 0.1) is 10.8 Å². The minimum Gasteiger partial charge on any atom is -0.338 e. The number of nitrogens with zero attached hydrogens (tertiary/aromatic N) is 1. The number of carbonyl (C=O) groups excluding carboxylic acids is 1. The van der Waals surface area contributed by atoms with Crippen LogP contribution in [0.2, 0.25) is 0 Å². The van der Waals surface area contributed by atoms with E-state index in [-0.39, 0.29) is 11.5 Å². The summed E-state index contributed by atoms with van der Waals surface area (Å²) in [4.78, 5) is 16.6. The van der Waals surface area contributed by atoms with Crippen molar-refractivity contribution in [3.8, 4) is 0 Å². The van der Waals surface area contributed by atoms with Crippen molar-refractivity contribution in [1.29, 1.82) is 0 Å². The summed E-state index contributed by atoms with van der Waals surface area (Å²) < 4.78 is 28.8. The van der Waals surface area contributed by atoms with Crippen molar-refractivity contribution in [3.63, 3.8) is 0 Å². The van der Waals surface area contributed by atoms with Crippen molar-refractivity contribution in [1.82, 2.24) is 10.4 Å². The average Bonchev–Trinajstić information content (AvgIpc) is 3.25. The van der Waals surface area contributed by atoms with Crippen LogP contribution in [0.5, 0.6) is 0 Å². The van der Waals surface area contributed by atoms with Crippen LogP contribution in [0.1, 0.15) is 54.9 Å². The number of nitrogens with one attached hydrogen (secondary N) is 1. The lowest BCUT2D eigenvalue weighted by Crippen LogP contribution is -2.26. The monoisotopic (exact) mass is 434 g/mol. The van der Waals surface area contributed by atoms with E-state index in [1.807, 2.05) is 24.3 Å². The van der Waals surface area contributed by atoms with Gasteiger partial charge in [-0.05, 0) is 37.7 Å². The predicted molar refractivity (Wildman–Crippen MR) is 114 cm³/mol. The fourth-order valence-corrected chi connectivity index (χ4v) is 6.38. The van der Waals surface area contributed by atoms with Gasteiger partial charge in [0.1, 0.15) is 0 Å². The second kappa shape index (κ2) is 8.63. The highest BCUT2D eigenvalue weighted by Crippen LogP contribution is 2.50. The molecule has 3 aliphatic rings. The van der Waals surface area contributed by atoms with E-state index in [4.69, 9.17) is 4.28 Å². The Morgan fingerprint density at radius 2 is 2.00 bits per heavy atom. The van der Waals surface area contributed by atoms with Crippen molar-refractivity contribution in [3.05, 3.63) is 56.6 Å². The maximum atomic E-state index is 13.0. The van der Waals surface area contributed by atoms with E-state index in [2.05, 4.69) is 10.4 Å². The van der Waals surface area contributed by atoms with E-state index in [0.717, 1.165) is 41.0 Å². The number of rotatable bonds is 7. The smallest absolute Gasteiger partial charge is 0.283 e. The van der Waals surface area contributed by atoms with E-state index in [0.29, 0.717) is 25.9 Å². The summed E-state index contributed by atoms with van der Waals surface area (Å²) in [6, 6.07) is 7.79. The molecule has 0 fully saturated rings. The van der Waals surface area contributed by atoms with Crippen molar-refractivity contribution in [2.45, 2.75) is 45.4 Å². The molecule has 8 heteroatoms. The van der Waals surface area contributed by atoms with Crippen LogP contribution in [0.25, 0.3) is 0 Å². The molecule has 0 saturated heterocycles. The zero-order valence-corrected chi connectivity index (χ0v) is 18.2. The first-order valence-corrected chi connectivity index (χ1v) is 12.6. The van der Waals surface area contributed by atoms with E-state index < -0.39 is 10.1 Å². The Labute approximate surface area is 176 Å². The number of carbonyl (C=O) groups is 1. The molecule has 1 aromatic carbocycles. The molecule has 0 radical (unpaired) electrons. The van der Waals surface area contributed by atoms with Gasteiger partial charge >= 0.3 is 0 Å². The van der Waals surface area contributed by atoms with Crippen molar-refractivity contribution in [2.24, 2.45) is 0 Å². The maximum absolute atomic E-state index is 13.0. The summed E-state index contributed by atoms with van der Waals surface area (Å²) in [5, 5.41) is 1.00. The van der Waals surface area contributed by atoms with E-state index in [1.54, 1.807) is 18.7 Å². The lowest BCUT2D eigenvalue weighted by atomic mass is 10.0. The first-order chi connectivity index (χ1) is 14.0. The zero-order chi connectivity index (χ0) is 20.4. The van der Waals surface area contributed by atoms with Gasteiger partial charge in [0.15, 0.2) is 5.78 Å². The molecule has 1 aromatic rings. The minimum absolute atomic E-state index is 0.0550. The molecule has 2 aliphatic carbocycles. The summed E-state index contributed by atoms with van der Waals surface area (Å²) >= 11 is 1.72. The third-order valence-corrected chi connectivity index (χ3v) is 7.95.